The molecule has 0 saturated heterocycles. The Balaban J connectivity index is 2.55. The SMILES string of the molecule is CCCc1nnsc1C(=O)NCC(C)CO. The first-order chi connectivity index (χ1) is 7.69. The molecule has 2 N–H and O–H groups in total. The number of aliphatic hydroxyl groups is 1. The maximum Gasteiger partial charge on any atom is 0.264 e. The molecule has 16 heavy (non-hydrogen) atoms. The van der Waals surface area contributed by atoms with E-state index in [9.17, 15) is 4.79 Å². The Morgan fingerprint density at radius 3 is 3.00 bits per heavy atom. The largest absolute Gasteiger partial charge is 0.396 e. The number of nitrogens with zero attached hydrogens (tertiary/aromatic N) is 2. The summed E-state index contributed by atoms with van der Waals surface area (Å²) in [5.41, 5.74) is 0.765. The van der Waals surface area contributed by atoms with Gasteiger partial charge < -0.3 is 10.4 Å². The van der Waals surface area contributed by atoms with Gasteiger partial charge in [0.2, 0.25) is 0 Å². The van der Waals surface area contributed by atoms with E-state index in [2.05, 4.69) is 14.9 Å². The third-order valence-electron chi connectivity index (χ3n) is 2.17. The predicted octanol–water partition coefficient (Wildman–Crippen LogP) is 0.849. The summed E-state index contributed by atoms with van der Waals surface area (Å²) >= 11 is 1.12. The van der Waals surface area contributed by atoms with E-state index in [1.165, 1.54) is 0 Å². The molecule has 0 aliphatic heterocycles. The summed E-state index contributed by atoms with van der Waals surface area (Å²) in [5, 5.41) is 15.5. The number of hydrogen-bond acceptors (Lipinski definition) is 5. The minimum absolute atomic E-state index is 0.0689. The first kappa shape index (κ1) is 13.1. The molecule has 5 nitrogen and oxygen atoms in total. The van der Waals surface area contributed by atoms with Gasteiger partial charge in [-0.1, -0.05) is 24.8 Å². The first-order valence-electron chi connectivity index (χ1n) is 5.39. The molecule has 90 valence electrons. The van der Waals surface area contributed by atoms with Crippen molar-refractivity contribution < 1.29 is 9.90 Å². The summed E-state index contributed by atoms with van der Waals surface area (Å²) in [7, 11) is 0. The number of nitrogens with one attached hydrogen (secondary N) is 1. The second-order valence-electron chi connectivity index (χ2n) is 3.80. The fourth-order valence-electron chi connectivity index (χ4n) is 1.19. The average Bonchev–Trinajstić information content (AvgIpc) is 2.74. The fraction of sp³-hybridized carbons (Fsp3) is 0.700. The van der Waals surface area contributed by atoms with Gasteiger partial charge in [-0.2, -0.15) is 0 Å². The van der Waals surface area contributed by atoms with Gasteiger partial charge in [-0.05, 0) is 23.9 Å². The Morgan fingerprint density at radius 1 is 1.62 bits per heavy atom. The lowest BCUT2D eigenvalue weighted by Gasteiger charge is -2.08. The third kappa shape index (κ3) is 3.53. The number of amides is 1. The monoisotopic (exact) mass is 243 g/mol. The molecule has 1 aromatic rings. The Labute approximate surface area is 99.0 Å². The summed E-state index contributed by atoms with van der Waals surface area (Å²) < 4.78 is 3.79. The molecule has 0 bridgehead atoms. The Morgan fingerprint density at radius 2 is 2.38 bits per heavy atom. The summed E-state index contributed by atoms with van der Waals surface area (Å²) in [6.45, 7) is 4.45. The molecule has 0 spiro atoms. The zero-order valence-corrected chi connectivity index (χ0v) is 10.4. The molecular weight excluding hydrogens is 226 g/mol. The Hall–Kier alpha value is -1.01. The number of aryl methyl sites for hydroxylation is 1. The van der Waals surface area contributed by atoms with Crippen molar-refractivity contribution >= 4 is 17.4 Å². The van der Waals surface area contributed by atoms with Crippen LogP contribution in [-0.4, -0.2) is 33.8 Å². The summed E-state index contributed by atoms with van der Waals surface area (Å²) in [4.78, 5) is 12.3. The van der Waals surface area contributed by atoms with Crippen molar-refractivity contribution in [2.24, 2.45) is 5.92 Å². The molecular formula is C10H17N3O2S. The van der Waals surface area contributed by atoms with Crippen LogP contribution < -0.4 is 5.32 Å². The van der Waals surface area contributed by atoms with Crippen molar-refractivity contribution in [1.82, 2.24) is 14.9 Å². The molecule has 1 unspecified atom stereocenters. The highest BCUT2D eigenvalue weighted by Gasteiger charge is 2.15. The van der Waals surface area contributed by atoms with Gasteiger partial charge in [0.1, 0.15) is 4.88 Å². The minimum Gasteiger partial charge on any atom is -0.396 e. The number of aliphatic hydroxyl groups excluding tert-OH is 1. The number of rotatable bonds is 6. The summed E-state index contributed by atoms with van der Waals surface area (Å²) in [6, 6.07) is 0. The maximum absolute atomic E-state index is 11.8. The van der Waals surface area contributed by atoms with Crippen LogP contribution in [0, 0.1) is 5.92 Å². The Bertz CT molecular complexity index is 341. The standard InChI is InChI=1S/C10H17N3O2S/c1-3-4-8-9(16-13-12-8)10(15)11-5-7(2)6-14/h7,14H,3-6H2,1-2H3,(H,11,15). The van der Waals surface area contributed by atoms with Crippen molar-refractivity contribution in [1.29, 1.82) is 0 Å². The minimum atomic E-state index is -0.140. The van der Waals surface area contributed by atoms with Gasteiger partial charge >= 0.3 is 0 Å². The lowest BCUT2D eigenvalue weighted by atomic mass is 10.2. The van der Waals surface area contributed by atoms with E-state index < -0.39 is 0 Å². The first-order valence-corrected chi connectivity index (χ1v) is 6.16. The maximum atomic E-state index is 11.8. The molecule has 6 heteroatoms. The molecule has 1 amide bonds. The van der Waals surface area contributed by atoms with Crippen molar-refractivity contribution in [3.8, 4) is 0 Å². The van der Waals surface area contributed by atoms with Crippen LogP contribution in [0.5, 0.6) is 0 Å². The second-order valence-corrected chi connectivity index (χ2v) is 4.55. The molecule has 0 radical (unpaired) electrons. The highest BCUT2D eigenvalue weighted by molar-refractivity contribution is 7.08. The normalized spacial score (nSPS) is 12.4. The van der Waals surface area contributed by atoms with Crippen LogP contribution in [0.2, 0.25) is 0 Å². The second kappa shape index (κ2) is 6.55. The number of carbonyl (C=O) groups is 1. The number of hydrogen-bond donors (Lipinski definition) is 2. The fourth-order valence-corrected chi connectivity index (χ4v) is 1.82. The van der Waals surface area contributed by atoms with E-state index >= 15 is 0 Å². The molecule has 1 heterocycles. The van der Waals surface area contributed by atoms with Crippen LogP contribution >= 0.6 is 11.5 Å². The molecule has 0 saturated carbocycles. The Kier molecular flexibility index (Phi) is 5.34. The summed E-state index contributed by atoms with van der Waals surface area (Å²) in [5.74, 6) is -0.0711. The molecule has 0 fully saturated rings. The molecule has 1 atom stereocenters. The molecule has 1 aromatic heterocycles. The van der Waals surface area contributed by atoms with Crippen LogP contribution in [-0.2, 0) is 6.42 Å². The van der Waals surface area contributed by atoms with E-state index in [4.69, 9.17) is 5.11 Å². The van der Waals surface area contributed by atoms with E-state index in [1.807, 2.05) is 13.8 Å². The van der Waals surface area contributed by atoms with Crippen molar-refractivity contribution in [2.75, 3.05) is 13.2 Å². The van der Waals surface area contributed by atoms with Gasteiger partial charge in [0.15, 0.2) is 0 Å². The molecule has 1 rings (SSSR count). The number of carbonyl (C=O) groups excluding carboxylic acids is 1. The van der Waals surface area contributed by atoms with E-state index in [1.54, 1.807) is 0 Å². The quantitative estimate of drug-likeness (QED) is 0.776. The highest BCUT2D eigenvalue weighted by atomic mass is 32.1. The van der Waals surface area contributed by atoms with Crippen LogP contribution in [0.1, 0.15) is 35.6 Å². The van der Waals surface area contributed by atoms with Crippen molar-refractivity contribution in [2.45, 2.75) is 26.7 Å². The van der Waals surface area contributed by atoms with Crippen molar-refractivity contribution in [3.63, 3.8) is 0 Å². The zero-order valence-electron chi connectivity index (χ0n) is 9.56. The smallest absolute Gasteiger partial charge is 0.264 e. The van der Waals surface area contributed by atoms with Gasteiger partial charge in [0, 0.05) is 13.2 Å². The molecule has 0 aromatic carbocycles. The van der Waals surface area contributed by atoms with Gasteiger partial charge in [0.25, 0.3) is 5.91 Å². The van der Waals surface area contributed by atoms with E-state index in [0.29, 0.717) is 11.4 Å². The van der Waals surface area contributed by atoms with E-state index in [0.717, 1.165) is 30.1 Å². The van der Waals surface area contributed by atoms with Gasteiger partial charge in [-0.3, -0.25) is 4.79 Å². The predicted molar refractivity (Wildman–Crippen MR) is 62.5 cm³/mol. The topological polar surface area (TPSA) is 75.1 Å². The van der Waals surface area contributed by atoms with Crippen LogP contribution in [0.25, 0.3) is 0 Å². The number of aromatic nitrogens is 2. The van der Waals surface area contributed by atoms with E-state index in [-0.39, 0.29) is 18.4 Å². The van der Waals surface area contributed by atoms with Crippen LogP contribution in [0.4, 0.5) is 0 Å². The van der Waals surface area contributed by atoms with Gasteiger partial charge in [-0.15, -0.1) is 5.10 Å². The zero-order chi connectivity index (χ0) is 12.0. The third-order valence-corrected chi connectivity index (χ3v) is 2.94. The lowest BCUT2D eigenvalue weighted by Crippen LogP contribution is -2.29. The average molecular weight is 243 g/mol. The molecule has 0 aliphatic rings. The summed E-state index contributed by atoms with van der Waals surface area (Å²) in [6.07, 6.45) is 1.72. The van der Waals surface area contributed by atoms with Gasteiger partial charge in [-0.25, -0.2) is 0 Å². The highest BCUT2D eigenvalue weighted by Crippen LogP contribution is 2.12. The molecule has 0 aliphatic carbocycles. The van der Waals surface area contributed by atoms with Gasteiger partial charge in [0.05, 0.1) is 5.69 Å². The van der Waals surface area contributed by atoms with Crippen LogP contribution in [0.3, 0.4) is 0 Å². The lowest BCUT2D eigenvalue weighted by molar-refractivity contribution is 0.0945. The van der Waals surface area contributed by atoms with Crippen molar-refractivity contribution in [3.05, 3.63) is 10.6 Å². The van der Waals surface area contributed by atoms with Crippen LogP contribution in [0.15, 0.2) is 0 Å².